The van der Waals surface area contributed by atoms with Gasteiger partial charge in [0, 0.05) is 12.2 Å². The molecule has 0 saturated heterocycles. The van der Waals surface area contributed by atoms with Gasteiger partial charge >= 0.3 is 6.09 Å². The summed E-state index contributed by atoms with van der Waals surface area (Å²) in [6.45, 7) is 14.9. The monoisotopic (exact) mass is 467 g/mol. The van der Waals surface area contributed by atoms with Gasteiger partial charge in [-0.05, 0) is 83.2 Å². The van der Waals surface area contributed by atoms with Gasteiger partial charge in [0.15, 0.2) is 0 Å². The van der Waals surface area contributed by atoms with Crippen molar-refractivity contribution in [2.45, 2.75) is 67.0 Å². The first-order valence-corrected chi connectivity index (χ1v) is 11.5. The van der Waals surface area contributed by atoms with Gasteiger partial charge in [-0.3, -0.25) is 9.59 Å². The number of alkyl carbamates (subject to hydrolysis) is 1. The molecule has 0 saturated carbocycles. The molecule has 0 radical (unpaired) electrons. The molecule has 2 N–H and O–H groups in total. The lowest BCUT2D eigenvalue weighted by Crippen LogP contribution is -2.46. The standard InChI is InChI=1S/C27H37N3O4/c1-9-30(22(31)16-28-26(33)34-27(6,7)8)24(21-15-11-12-17(2)20(21)5)25(32)29-23-18(3)13-10-14-19(23)4/h10-15,24H,9,16H2,1-8H3,(H,28,33)(H,29,32). The number of hydrogen-bond acceptors (Lipinski definition) is 4. The second-order valence-corrected chi connectivity index (χ2v) is 9.48. The number of ether oxygens (including phenoxy) is 1. The average molecular weight is 468 g/mol. The second-order valence-electron chi connectivity index (χ2n) is 9.48. The van der Waals surface area contributed by atoms with E-state index >= 15 is 0 Å². The number of nitrogens with one attached hydrogen (secondary N) is 2. The van der Waals surface area contributed by atoms with Gasteiger partial charge in [-0.15, -0.1) is 0 Å². The van der Waals surface area contributed by atoms with Crippen LogP contribution in [0.15, 0.2) is 36.4 Å². The van der Waals surface area contributed by atoms with Crippen molar-refractivity contribution >= 4 is 23.6 Å². The summed E-state index contributed by atoms with van der Waals surface area (Å²) in [7, 11) is 0. The number of benzene rings is 2. The van der Waals surface area contributed by atoms with Gasteiger partial charge in [0.2, 0.25) is 5.91 Å². The van der Waals surface area contributed by atoms with Crippen molar-refractivity contribution in [1.82, 2.24) is 10.2 Å². The minimum Gasteiger partial charge on any atom is -0.444 e. The van der Waals surface area contributed by atoms with Crippen LogP contribution >= 0.6 is 0 Å². The number of para-hydroxylation sites is 1. The van der Waals surface area contributed by atoms with E-state index in [4.69, 9.17) is 4.74 Å². The topological polar surface area (TPSA) is 87.7 Å². The lowest BCUT2D eigenvalue weighted by atomic mass is 9.95. The van der Waals surface area contributed by atoms with Crippen LogP contribution in [0.4, 0.5) is 10.5 Å². The minimum absolute atomic E-state index is 0.277. The van der Waals surface area contributed by atoms with Gasteiger partial charge in [-0.2, -0.15) is 0 Å². The number of carbonyl (C=O) groups is 3. The number of carbonyl (C=O) groups excluding carboxylic acids is 3. The summed E-state index contributed by atoms with van der Waals surface area (Å²) in [5, 5.41) is 5.55. The summed E-state index contributed by atoms with van der Waals surface area (Å²) in [6, 6.07) is 10.7. The molecule has 2 rings (SSSR count). The van der Waals surface area contributed by atoms with Crippen LogP contribution in [0.2, 0.25) is 0 Å². The van der Waals surface area contributed by atoms with E-state index in [0.29, 0.717) is 0 Å². The van der Waals surface area contributed by atoms with Crippen LogP contribution in [-0.4, -0.2) is 41.5 Å². The molecule has 1 unspecified atom stereocenters. The molecule has 2 aromatic rings. The lowest BCUT2D eigenvalue weighted by molar-refractivity contribution is -0.138. The predicted octanol–water partition coefficient (Wildman–Crippen LogP) is 4.97. The molecule has 184 valence electrons. The summed E-state index contributed by atoms with van der Waals surface area (Å²) in [5.74, 6) is -0.686. The van der Waals surface area contributed by atoms with Gasteiger partial charge in [-0.25, -0.2) is 4.79 Å². The Kier molecular flexibility index (Phi) is 8.85. The van der Waals surface area contributed by atoms with Crippen LogP contribution < -0.4 is 10.6 Å². The average Bonchev–Trinajstić information content (AvgIpc) is 2.74. The van der Waals surface area contributed by atoms with E-state index in [1.807, 2.05) is 71.0 Å². The fourth-order valence-electron chi connectivity index (χ4n) is 3.79. The quantitative estimate of drug-likeness (QED) is 0.602. The molecule has 34 heavy (non-hydrogen) atoms. The maximum atomic E-state index is 13.7. The number of amides is 3. The van der Waals surface area contributed by atoms with E-state index in [1.165, 1.54) is 4.90 Å². The van der Waals surface area contributed by atoms with Gasteiger partial charge in [-0.1, -0.05) is 36.4 Å². The van der Waals surface area contributed by atoms with E-state index in [1.54, 1.807) is 20.8 Å². The number of aryl methyl sites for hydroxylation is 3. The SMILES string of the molecule is CCN(C(=O)CNC(=O)OC(C)(C)C)C(C(=O)Nc1c(C)cccc1C)c1cccc(C)c1C. The van der Waals surface area contributed by atoms with Crippen LogP contribution in [0.5, 0.6) is 0 Å². The molecule has 7 heteroatoms. The largest absolute Gasteiger partial charge is 0.444 e. The Morgan fingerprint density at radius 3 is 2.06 bits per heavy atom. The maximum absolute atomic E-state index is 13.7. The van der Waals surface area contributed by atoms with Crippen LogP contribution in [-0.2, 0) is 14.3 Å². The Balaban J connectivity index is 2.39. The van der Waals surface area contributed by atoms with E-state index in [9.17, 15) is 14.4 Å². The predicted molar refractivity (Wildman–Crippen MR) is 135 cm³/mol. The minimum atomic E-state index is -0.864. The molecule has 0 heterocycles. The molecular weight excluding hydrogens is 430 g/mol. The Morgan fingerprint density at radius 2 is 1.50 bits per heavy atom. The summed E-state index contributed by atoms with van der Waals surface area (Å²) >= 11 is 0. The highest BCUT2D eigenvalue weighted by Crippen LogP contribution is 2.29. The summed E-state index contributed by atoms with van der Waals surface area (Å²) < 4.78 is 5.23. The third-order valence-corrected chi connectivity index (χ3v) is 5.67. The van der Waals surface area contributed by atoms with E-state index in [0.717, 1.165) is 33.5 Å². The van der Waals surface area contributed by atoms with Gasteiger partial charge in [0.25, 0.3) is 5.91 Å². The van der Waals surface area contributed by atoms with Crippen LogP contribution in [0.25, 0.3) is 0 Å². The molecule has 2 aromatic carbocycles. The highest BCUT2D eigenvalue weighted by molar-refractivity contribution is 5.99. The van der Waals surface area contributed by atoms with Crippen molar-refractivity contribution in [2.24, 2.45) is 0 Å². The van der Waals surface area contributed by atoms with E-state index < -0.39 is 17.7 Å². The number of nitrogens with zero attached hydrogens (tertiary/aromatic N) is 1. The summed E-state index contributed by atoms with van der Waals surface area (Å²) in [5.41, 5.74) is 4.65. The normalized spacial score (nSPS) is 12.0. The fourth-order valence-corrected chi connectivity index (χ4v) is 3.79. The summed E-state index contributed by atoms with van der Waals surface area (Å²) in [6.07, 6.45) is -0.680. The van der Waals surface area contributed by atoms with Crippen LogP contribution in [0, 0.1) is 27.7 Å². The van der Waals surface area contributed by atoms with Crippen LogP contribution in [0.1, 0.15) is 61.6 Å². The third kappa shape index (κ3) is 6.83. The van der Waals surface area contributed by atoms with Crippen molar-refractivity contribution in [3.05, 3.63) is 64.2 Å². The zero-order valence-electron chi connectivity index (χ0n) is 21.5. The highest BCUT2D eigenvalue weighted by atomic mass is 16.6. The Hall–Kier alpha value is -3.35. The first-order chi connectivity index (χ1) is 15.9. The molecule has 0 fully saturated rings. The molecule has 0 aliphatic heterocycles. The fraction of sp³-hybridized carbons (Fsp3) is 0.444. The van der Waals surface area contributed by atoms with Crippen molar-refractivity contribution in [1.29, 1.82) is 0 Å². The van der Waals surface area contributed by atoms with Gasteiger partial charge in [0.05, 0.1) is 0 Å². The molecule has 7 nitrogen and oxygen atoms in total. The maximum Gasteiger partial charge on any atom is 0.408 e. The van der Waals surface area contributed by atoms with E-state index in [-0.39, 0.29) is 24.9 Å². The van der Waals surface area contributed by atoms with Crippen molar-refractivity contribution in [3.63, 3.8) is 0 Å². The zero-order valence-corrected chi connectivity index (χ0v) is 21.5. The highest BCUT2D eigenvalue weighted by Gasteiger charge is 2.32. The first-order valence-electron chi connectivity index (χ1n) is 11.5. The Labute approximate surface area is 202 Å². The lowest BCUT2D eigenvalue weighted by Gasteiger charge is -2.32. The molecular formula is C27H37N3O4. The van der Waals surface area contributed by atoms with Gasteiger partial charge in [0.1, 0.15) is 18.2 Å². The number of anilines is 1. The summed E-state index contributed by atoms with van der Waals surface area (Å²) in [4.78, 5) is 40.5. The third-order valence-electron chi connectivity index (χ3n) is 5.67. The van der Waals surface area contributed by atoms with Crippen molar-refractivity contribution < 1.29 is 19.1 Å². The van der Waals surface area contributed by atoms with E-state index in [2.05, 4.69) is 10.6 Å². The Bertz CT molecular complexity index is 1040. The molecule has 0 aliphatic carbocycles. The zero-order chi connectivity index (χ0) is 25.6. The molecule has 0 aromatic heterocycles. The van der Waals surface area contributed by atoms with Crippen molar-refractivity contribution in [2.75, 3.05) is 18.4 Å². The Morgan fingerprint density at radius 1 is 0.941 bits per heavy atom. The first kappa shape index (κ1) is 26.9. The second kappa shape index (κ2) is 11.2. The number of likely N-dealkylation sites (N-methyl/N-ethyl adjacent to an activating group) is 1. The number of rotatable bonds is 7. The smallest absolute Gasteiger partial charge is 0.408 e. The molecule has 0 bridgehead atoms. The van der Waals surface area contributed by atoms with Crippen molar-refractivity contribution in [3.8, 4) is 0 Å². The number of hydrogen-bond donors (Lipinski definition) is 2. The van der Waals surface area contributed by atoms with Crippen LogP contribution in [0.3, 0.4) is 0 Å². The van der Waals surface area contributed by atoms with Gasteiger partial charge < -0.3 is 20.3 Å². The molecule has 0 aliphatic rings. The molecule has 0 spiro atoms. The molecule has 3 amide bonds. The molecule has 1 atom stereocenters.